The number of rotatable bonds is 7. The van der Waals surface area contributed by atoms with Crippen LogP contribution in [-0.2, 0) is 19.1 Å². The minimum Gasteiger partial charge on any atom is -0.479 e. The molecule has 0 radical (unpaired) electrons. The van der Waals surface area contributed by atoms with Crippen LogP contribution in [0.2, 0.25) is 0 Å². The maximum absolute atomic E-state index is 13.2. The van der Waals surface area contributed by atoms with Gasteiger partial charge in [-0.1, -0.05) is 18.2 Å². The van der Waals surface area contributed by atoms with Crippen molar-refractivity contribution in [2.45, 2.75) is 64.4 Å². The number of carbonyl (C=O) groups is 4. The van der Waals surface area contributed by atoms with E-state index in [1.54, 1.807) is 39.0 Å². The van der Waals surface area contributed by atoms with Gasteiger partial charge in [0.1, 0.15) is 5.60 Å². The lowest BCUT2D eigenvalue weighted by Gasteiger charge is -2.32. The Hall–Kier alpha value is -3.31. The first kappa shape index (κ1) is 26.9. The molecule has 11 heteroatoms. The Kier molecular flexibility index (Phi) is 9.28. The lowest BCUT2D eigenvalue weighted by atomic mass is 10.0. The highest BCUT2D eigenvalue weighted by atomic mass is 16.6. The summed E-state index contributed by atoms with van der Waals surface area (Å²) in [5, 5.41) is 23.3. The zero-order valence-electron chi connectivity index (χ0n) is 19.8. The van der Waals surface area contributed by atoms with E-state index in [1.165, 1.54) is 19.1 Å². The van der Waals surface area contributed by atoms with E-state index in [0.717, 1.165) is 4.90 Å². The summed E-state index contributed by atoms with van der Waals surface area (Å²) in [5.41, 5.74) is -0.721. The molecule has 0 aromatic heterocycles. The molecule has 186 valence electrons. The normalized spacial score (nSPS) is 16.1. The number of carboxylic acids is 1. The third-order valence-corrected chi connectivity index (χ3v) is 5.00. The summed E-state index contributed by atoms with van der Waals surface area (Å²) >= 11 is 0. The topological polar surface area (TPSA) is 158 Å². The van der Waals surface area contributed by atoms with Crippen molar-refractivity contribution < 1.29 is 33.8 Å². The van der Waals surface area contributed by atoms with Crippen molar-refractivity contribution in [1.82, 2.24) is 15.5 Å². The maximum Gasteiger partial charge on any atom is 0.414 e. The van der Waals surface area contributed by atoms with Gasteiger partial charge in [0, 0.05) is 5.56 Å². The molecule has 11 nitrogen and oxygen atoms in total. The minimum absolute atomic E-state index is 0.143. The Morgan fingerprint density at radius 3 is 2.26 bits per heavy atom. The summed E-state index contributed by atoms with van der Waals surface area (Å²) < 4.78 is 10.7. The monoisotopic (exact) mass is 476 g/mol. The zero-order valence-corrected chi connectivity index (χ0v) is 19.8. The van der Waals surface area contributed by atoms with Gasteiger partial charge in [0.05, 0.1) is 12.1 Å². The zero-order chi connectivity index (χ0) is 25.5. The van der Waals surface area contributed by atoms with Gasteiger partial charge in [-0.15, -0.1) is 0 Å². The third-order valence-electron chi connectivity index (χ3n) is 5.00. The van der Waals surface area contributed by atoms with Crippen LogP contribution in [0, 0.1) is 5.41 Å². The van der Waals surface area contributed by atoms with Gasteiger partial charge in [-0.05, 0) is 65.8 Å². The Morgan fingerprint density at radius 1 is 1.15 bits per heavy atom. The fraction of sp³-hybridized carbons (Fsp3) is 0.522. The van der Waals surface area contributed by atoms with E-state index in [9.17, 15) is 24.3 Å². The number of nitrogens with one attached hydrogen (secondary N) is 3. The van der Waals surface area contributed by atoms with Crippen LogP contribution < -0.4 is 10.6 Å². The number of Topliss-reactive ketones (excluding diaryl/α,β-unsaturated/α-hetero) is 1. The van der Waals surface area contributed by atoms with Crippen LogP contribution in [0.1, 0.15) is 50.9 Å². The number of carboxylic acid groups (broad SMARTS) is 1. The number of piperidine rings is 1. The molecule has 2 rings (SSSR count). The molecule has 1 unspecified atom stereocenters. The molecule has 4 N–H and O–H groups in total. The highest BCUT2D eigenvalue weighted by molar-refractivity contribution is 6.13. The number of ether oxygens (including phenoxy) is 2. The molecule has 0 aliphatic carbocycles. The molecule has 1 aromatic rings. The fourth-order valence-corrected chi connectivity index (χ4v) is 3.37. The molecule has 1 heterocycles. The molecule has 34 heavy (non-hydrogen) atoms. The Morgan fingerprint density at radius 2 is 1.74 bits per heavy atom. The maximum atomic E-state index is 13.2. The molecule has 1 aliphatic heterocycles. The van der Waals surface area contributed by atoms with Crippen LogP contribution >= 0.6 is 0 Å². The number of carbonyl (C=O) groups excluding carboxylic acids is 3. The van der Waals surface area contributed by atoms with Crippen molar-refractivity contribution in [3.8, 4) is 0 Å². The van der Waals surface area contributed by atoms with Gasteiger partial charge in [-0.25, -0.2) is 9.59 Å². The second-order valence-electron chi connectivity index (χ2n) is 8.90. The number of aliphatic carboxylic acids is 1. The molecule has 1 aromatic carbocycles. The van der Waals surface area contributed by atoms with Crippen molar-refractivity contribution in [3.63, 3.8) is 0 Å². The lowest BCUT2D eigenvalue weighted by molar-refractivity contribution is -0.162. The van der Waals surface area contributed by atoms with Crippen LogP contribution in [0.5, 0.6) is 0 Å². The summed E-state index contributed by atoms with van der Waals surface area (Å²) in [6.07, 6.45) is -2.19. The standard InChI is InChI=1S/C23H32N4O7/c1-14(17(28)18(20(30)31)33-16-10-12-25-13-11-16)27(19(29)15-8-6-5-7-9-15)21(24)26-22(32)34-23(2,3)4/h5-9,14,16,18,25H,10-13H2,1-4H3,(H,30,31)(H2,24,26,32)/t14-,18?/m0/s1. The van der Waals surface area contributed by atoms with Gasteiger partial charge in [-0.2, -0.15) is 0 Å². The summed E-state index contributed by atoms with van der Waals surface area (Å²) in [6, 6.07) is 6.42. The van der Waals surface area contributed by atoms with E-state index in [-0.39, 0.29) is 5.56 Å². The number of ketones is 1. The van der Waals surface area contributed by atoms with Crippen LogP contribution in [0.15, 0.2) is 30.3 Å². The van der Waals surface area contributed by atoms with Crippen molar-refractivity contribution in [1.29, 1.82) is 5.41 Å². The number of hydrogen-bond acceptors (Lipinski definition) is 8. The van der Waals surface area contributed by atoms with Crippen molar-refractivity contribution in [2.24, 2.45) is 0 Å². The van der Waals surface area contributed by atoms with Gasteiger partial charge in [0.25, 0.3) is 5.91 Å². The first-order chi connectivity index (χ1) is 15.9. The second kappa shape index (κ2) is 11.7. The summed E-state index contributed by atoms with van der Waals surface area (Å²) in [6.45, 7) is 7.43. The third kappa shape index (κ3) is 7.63. The number of alkyl carbamates (subject to hydrolysis) is 1. The Balaban J connectivity index is 2.30. The molecule has 0 saturated carbocycles. The Bertz CT molecular complexity index is 908. The van der Waals surface area contributed by atoms with Crippen LogP contribution in [0.3, 0.4) is 0 Å². The first-order valence-electron chi connectivity index (χ1n) is 11.0. The molecule has 1 saturated heterocycles. The number of amides is 2. The van der Waals surface area contributed by atoms with Gasteiger partial charge in [0.2, 0.25) is 12.1 Å². The minimum atomic E-state index is -1.83. The summed E-state index contributed by atoms with van der Waals surface area (Å²) in [5.74, 6) is -3.91. The Labute approximate surface area is 198 Å². The fourth-order valence-electron chi connectivity index (χ4n) is 3.37. The van der Waals surface area contributed by atoms with E-state index >= 15 is 0 Å². The van der Waals surface area contributed by atoms with Crippen LogP contribution in [-0.4, -0.2) is 76.7 Å². The van der Waals surface area contributed by atoms with Gasteiger partial charge >= 0.3 is 12.1 Å². The highest BCUT2D eigenvalue weighted by Gasteiger charge is 2.40. The van der Waals surface area contributed by atoms with Gasteiger partial charge in [-0.3, -0.25) is 25.2 Å². The quantitative estimate of drug-likeness (QED) is 0.263. The molecule has 1 fully saturated rings. The second-order valence-corrected chi connectivity index (χ2v) is 8.90. The van der Waals surface area contributed by atoms with Crippen molar-refractivity contribution in [2.75, 3.05) is 13.1 Å². The van der Waals surface area contributed by atoms with E-state index in [1.807, 2.05) is 0 Å². The van der Waals surface area contributed by atoms with Crippen molar-refractivity contribution in [3.05, 3.63) is 35.9 Å². The molecule has 1 aliphatic rings. The number of guanidine groups is 1. The smallest absolute Gasteiger partial charge is 0.414 e. The molecule has 2 atom stereocenters. The molecule has 0 spiro atoms. The van der Waals surface area contributed by atoms with Gasteiger partial charge in [0.15, 0.2) is 5.78 Å². The van der Waals surface area contributed by atoms with Gasteiger partial charge < -0.3 is 19.9 Å². The van der Waals surface area contributed by atoms with Crippen LogP contribution in [0.25, 0.3) is 0 Å². The number of nitrogens with zero attached hydrogens (tertiary/aromatic N) is 1. The lowest BCUT2D eigenvalue weighted by Crippen LogP contribution is -2.56. The summed E-state index contributed by atoms with van der Waals surface area (Å²) in [7, 11) is 0. The molecular weight excluding hydrogens is 444 g/mol. The number of hydrogen-bond donors (Lipinski definition) is 4. The largest absolute Gasteiger partial charge is 0.479 e. The molecular formula is C23H32N4O7. The molecule has 0 bridgehead atoms. The van der Waals surface area contributed by atoms with E-state index in [2.05, 4.69) is 10.6 Å². The number of benzene rings is 1. The van der Waals surface area contributed by atoms with Crippen molar-refractivity contribution >= 4 is 29.7 Å². The van der Waals surface area contributed by atoms with E-state index in [4.69, 9.17) is 14.9 Å². The van der Waals surface area contributed by atoms with E-state index in [0.29, 0.717) is 25.9 Å². The molecule has 2 amide bonds. The average Bonchev–Trinajstić information content (AvgIpc) is 2.76. The first-order valence-corrected chi connectivity index (χ1v) is 11.0. The average molecular weight is 477 g/mol. The highest BCUT2D eigenvalue weighted by Crippen LogP contribution is 2.17. The van der Waals surface area contributed by atoms with Crippen LogP contribution in [0.4, 0.5) is 4.79 Å². The van der Waals surface area contributed by atoms with E-state index < -0.39 is 53.6 Å². The predicted octanol–water partition coefficient (Wildman–Crippen LogP) is 1.77. The summed E-state index contributed by atoms with van der Waals surface area (Å²) in [4.78, 5) is 51.2. The SMILES string of the molecule is C[C@@H](C(=O)C(OC1CCNCC1)C(=O)O)N(C(=N)NC(=O)OC(C)(C)C)C(=O)c1ccccc1. The predicted molar refractivity (Wildman–Crippen MR) is 123 cm³/mol.